The fourth-order valence-corrected chi connectivity index (χ4v) is 2.60. The molecular formula is C9H17NO2S. The normalized spacial score (nSPS) is 30.1. The summed E-state index contributed by atoms with van der Waals surface area (Å²) in [4.78, 5) is 11.7. The summed E-state index contributed by atoms with van der Waals surface area (Å²) >= 11 is 1.71. The minimum atomic E-state index is -0.260. The van der Waals surface area contributed by atoms with E-state index in [0.717, 1.165) is 18.6 Å². The predicted molar refractivity (Wildman–Crippen MR) is 54.8 cm³/mol. The first kappa shape index (κ1) is 10.9. The Labute approximate surface area is 83.3 Å². The van der Waals surface area contributed by atoms with Crippen LogP contribution >= 0.6 is 11.8 Å². The average Bonchev–Trinajstić information content (AvgIpc) is 2.53. The molecule has 2 atom stereocenters. The summed E-state index contributed by atoms with van der Waals surface area (Å²) in [7, 11) is 0. The first-order valence-electron chi connectivity index (χ1n) is 4.64. The summed E-state index contributed by atoms with van der Waals surface area (Å²) in [5, 5.41) is 11.6. The largest absolute Gasteiger partial charge is 0.394 e. The molecule has 4 heteroatoms. The molecule has 0 radical (unpaired) electrons. The van der Waals surface area contributed by atoms with Gasteiger partial charge in [0.15, 0.2) is 0 Å². The molecule has 1 heterocycles. The second-order valence-electron chi connectivity index (χ2n) is 3.74. The summed E-state index contributed by atoms with van der Waals surface area (Å²) in [5.41, 5.74) is 0. The van der Waals surface area contributed by atoms with E-state index >= 15 is 0 Å². The maximum Gasteiger partial charge on any atom is 0.236 e. The smallest absolute Gasteiger partial charge is 0.236 e. The molecule has 0 bridgehead atoms. The van der Waals surface area contributed by atoms with Gasteiger partial charge in [0.1, 0.15) is 0 Å². The molecule has 1 aliphatic heterocycles. The van der Waals surface area contributed by atoms with E-state index in [2.05, 4.69) is 5.32 Å². The van der Waals surface area contributed by atoms with Crippen LogP contribution in [0.25, 0.3) is 0 Å². The molecule has 0 saturated carbocycles. The molecule has 1 unspecified atom stereocenters. The molecule has 1 amide bonds. The van der Waals surface area contributed by atoms with E-state index in [9.17, 15) is 4.79 Å². The van der Waals surface area contributed by atoms with Gasteiger partial charge in [-0.25, -0.2) is 0 Å². The number of hydrogen-bond acceptors (Lipinski definition) is 3. The van der Waals surface area contributed by atoms with Crippen LogP contribution in [-0.2, 0) is 4.79 Å². The Kier molecular flexibility index (Phi) is 3.62. The lowest BCUT2D eigenvalue weighted by atomic mass is 10.0. The van der Waals surface area contributed by atoms with Crippen molar-refractivity contribution in [3.63, 3.8) is 0 Å². The monoisotopic (exact) mass is 203 g/mol. The van der Waals surface area contributed by atoms with Crippen LogP contribution in [0.3, 0.4) is 0 Å². The van der Waals surface area contributed by atoms with Crippen molar-refractivity contribution >= 4 is 17.7 Å². The molecule has 76 valence electrons. The summed E-state index contributed by atoms with van der Waals surface area (Å²) in [6, 6.07) is -0.134. The molecule has 0 aliphatic carbocycles. The number of aliphatic hydroxyl groups excluding tert-OH is 1. The van der Waals surface area contributed by atoms with Gasteiger partial charge in [-0.3, -0.25) is 4.79 Å². The maximum atomic E-state index is 11.7. The van der Waals surface area contributed by atoms with Gasteiger partial charge in [-0.15, -0.1) is 11.8 Å². The fraction of sp³-hybridized carbons (Fsp3) is 0.889. The Morgan fingerprint density at radius 1 is 1.77 bits per heavy atom. The third-order valence-electron chi connectivity index (χ3n) is 2.35. The molecule has 13 heavy (non-hydrogen) atoms. The molecule has 2 N–H and O–H groups in total. The Hall–Kier alpha value is -0.220. The molecule has 1 saturated heterocycles. The number of rotatable bonds is 3. The van der Waals surface area contributed by atoms with Crippen LogP contribution in [0.1, 0.15) is 26.7 Å². The fourth-order valence-electron chi connectivity index (χ4n) is 1.38. The standard InChI is InChI=1S/C9H17NO2S/c1-7(6-11)10-8(12)9(2)4-3-5-13-9/h7,11H,3-6H2,1-2H3,(H,10,12)/t7-,9?/m1/s1. The lowest BCUT2D eigenvalue weighted by Crippen LogP contribution is -2.45. The van der Waals surface area contributed by atoms with Gasteiger partial charge in [0.05, 0.1) is 11.4 Å². The summed E-state index contributed by atoms with van der Waals surface area (Å²) < 4.78 is -0.260. The van der Waals surface area contributed by atoms with Crippen LogP contribution in [0.2, 0.25) is 0 Å². The van der Waals surface area contributed by atoms with Gasteiger partial charge < -0.3 is 10.4 Å². The van der Waals surface area contributed by atoms with Crippen molar-refractivity contribution in [2.75, 3.05) is 12.4 Å². The van der Waals surface area contributed by atoms with E-state index in [1.54, 1.807) is 18.7 Å². The van der Waals surface area contributed by atoms with Crippen molar-refractivity contribution in [2.24, 2.45) is 0 Å². The highest BCUT2D eigenvalue weighted by atomic mass is 32.2. The van der Waals surface area contributed by atoms with Gasteiger partial charge in [0, 0.05) is 6.04 Å². The summed E-state index contributed by atoms with van der Waals surface area (Å²) in [6.45, 7) is 3.79. The second kappa shape index (κ2) is 4.33. The Morgan fingerprint density at radius 3 is 2.92 bits per heavy atom. The minimum absolute atomic E-state index is 0.00644. The van der Waals surface area contributed by atoms with Crippen LogP contribution in [0.5, 0.6) is 0 Å². The highest BCUT2D eigenvalue weighted by Crippen LogP contribution is 2.37. The Morgan fingerprint density at radius 2 is 2.46 bits per heavy atom. The minimum Gasteiger partial charge on any atom is -0.394 e. The van der Waals surface area contributed by atoms with Crippen molar-refractivity contribution in [3.8, 4) is 0 Å². The molecule has 0 aromatic rings. The van der Waals surface area contributed by atoms with Gasteiger partial charge in [-0.05, 0) is 32.4 Å². The number of aliphatic hydroxyl groups is 1. The Balaban J connectivity index is 2.46. The van der Waals surface area contributed by atoms with Gasteiger partial charge in [0.2, 0.25) is 5.91 Å². The van der Waals surface area contributed by atoms with Crippen LogP contribution in [-0.4, -0.2) is 34.2 Å². The molecule has 1 aliphatic rings. The SMILES string of the molecule is C[C@H](CO)NC(=O)C1(C)CCCS1. The number of thioether (sulfide) groups is 1. The molecule has 1 rings (SSSR count). The number of amides is 1. The number of carbonyl (C=O) groups is 1. The van der Waals surface area contributed by atoms with Crippen LogP contribution in [0, 0.1) is 0 Å². The average molecular weight is 203 g/mol. The maximum absolute atomic E-state index is 11.7. The lowest BCUT2D eigenvalue weighted by Gasteiger charge is -2.23. The van der Waals surface area contributed by atoms with Crippen LogP contribution < -0.4 is 5.32 Å². The third kappa shape index (κ3) is 2.61. The van der Waals surface area contributed by atoms with Gasteiger partial charge in [-0.1, -0.05) is 0 Å². The van der Waals surface area contributed by atoms with E-state index in [1.165, 1.54) is 0 Å². The zero-order valence-corrected chi connectivity index (χ0v) is 8.99. The predicted octanol–water partition coefficient (Wildman–Crippen LogP) is 0.769. The zero-order chi connectivity index (χ0) is 9.90. The lowest BCUT2D eigenvalue weighted by molar-refractivity contribution is -0.124. The molecular weight excluding hydrogens is 186 g/mol. The van der Waals surface area contributed by atoms with E-state index in [4.69, 9.17) is 5.11 Å². The van der Waals surface area contributed by atoms with Crippen molar-refractivity contribution in [3.05, 3.63) is 0 Å². The molecule has 0 spiro atoms. The molecule has 3 nitrogen and oxygen atoms in total. The van der Waals surface area contributed by atoms with Gasteiger partial charge >= 0.3 is 0 Å². The third-order valence-corrected chi connectivity index (χ3v) is 3.87. The van der Waals surface area contributed by atoms with Crippen molar-refractivity contribution < 1.29 is 9.90 Å². The first-order valence-corrected chi connectivity index (χ1v) is 5.63. The van der Waals surface area contributed by atoms with Crippen molar-refractivity contribution in [1.29, 1.82) is 0 Å². The van der Waals surface area contributed by atoms with Gasteiger partial charge in [-0.2, -0.15) is 0 Å². The van der Waals surface area contributed by atoms with Crippen LogP contribution in [0.4, 0.5) is 0 Å². The first-order chi connectivity index (χ1) is 6.08. The number of carbonyl (C=O) groups excluding carboxylic acids is 1. The van der Waals surface area contributed by atoms with E-state index in [-0.39, 0.29) is 23.3 Å². The van der Waals surface area contributed by atoms with E-state index < -0.39 is 0 Å². The van der Waals surface area contributed by atoms with E-state index in [0.29, 0.717) is 0 Å². The summed E-state index contributed by atoms with van der Waals surface area (Å²) in [5.74, 6) is 1.13. The molecule has 0 aromatic heterocycles. The zero-order valence-electron chi connectivity index (χ0n) is 8.17. The second-order valence-corrected chi connectivity index (χ2v) is 5.34. The number of nitrogens with one attached hydrogen (secondary N) is 1. The van der Waals surface area contributed by atoms with Gasteiger partial charge in [0.25, 0.3) is 0 Å². The van der Waals surface area contributed by atoms with Crippen molar-refractivity contribution in [1.82, 2.24) is 5.32 Å². The van der Waals surface area contributed by atoms with Crippen molar-refractivity contribution in [2.45, 2.75) is 37.5 Å². The topological polar surface area (TPSA) is 49.3 Å². The summed E-state index contributed by atoms with van der Waals surface area (Å²) in [6.07, 6.45) is 2.06. The molecule has 1 fully saturated rings. The highest BCUT2D eigenvalue weighted by molar-refractivity contribution is 8.01. The molecule has 0 aromatic carbocycles. The highest BCUT2D eigenvalue weighted by Gasteiger charge is 2.37. The van der Waals surface area contributed by atoms with E-state index in [1.807, 2.05) is 6.92 Å². The quantitative estimate of drug-likeness (QED) is 0.712. The van der Waals surface area contributed by atoms with Crippen LogP contribution in [0.15, 0.2) is 0 Å². The number of hydrogen-bond donors (Lipinski definition) is 2. The Bertz CT molecular complexity index is 190.